The molecule has 0 aliphatic carbocycles. The van der Waals surface area contributed by atoms with Crippen molar-refractivity contribution in [2.24, 2.45) is 0 Å². The summed E-state index contributed by atoms with van der Waals surface area (Å²) in [6.07, 6.45) is 4.61. The Bertz CT molecular complexity index is 247. The fourth-order valence-corrected chi connectivity index (χ4v) is 1.12. The maximum absolute atomic E-state index is 5.60. The van der Waals surface area contributed by atoms with Gasteiger partial charge in [0.1, 0.15) is 0 Å². The Balaban J connectivity index is 2.73. The number of anilines is 2. The summed E-state index contributed by atoms with van der Waals surface area (Å²) in [7, 11) is 2.04. The minimum Gasteiger partial charge on any atom is -0.397 e. The van der Waals surface area contributed by atoms with Gasteiger partial charge in [0.2, 0.25) is 0 Å². The molecular formula is C9H15N3. The van der Waals surface area contributed by atoms with Crippen molar-refractivity contribution in [1.82, 2.24) is 4.98 Å². The molecule has 0 fully saturated rings. The van der Waals surface area contributed by atoms with Gasteiger partial charge in [-0.25, -0.2) is 0 Å². The Morgan fingerprint density at radius 2 is 2.25 bits per heavy atom. The molecule has 0 bridgehead atoms. The Morgan fingerprint density at radius 1 is 1.50 bits per heavy atom. The largest absolute Gasteiger partial charge is 0.397 e. The predicted molar refractivity (Wildman–Crippen MR) is 52.2 cm³/mol. The van der Waals surface area contributed by atoms with Gasteiger partial charge in [0.25, 0.3) is 0 Å². The average Bonchev–Trinajstić information content (AvgIpc) is 2.05. The van der Waals surface area contributed by atoms with E-state index in [1.165, 1.54) is 0 Å². The SMILES string of the molecule is CCCN(C)c1cncc(N)c1. The van der Waals surface area contributed by atoms with Gasteiger partial charge in [-0.2, -0.15) is 0 Å². The molecule has 12 heavy (non-hydrogen) atoms. The lowest BCUT2D eigenvalue weighted by atomic mass is 10.3. The van der Waals surface area contributed by atoms with Crippen LogP contribution < -0.4 is 10.6 Å². The van der Waals surface area contributed by atoms with E-state index in [4.69, 9.17) is 5.73 Å². The van der Waals surface area contributed by atoms with Crippen LogP contribution in [0.4, 0.5) is 11.4 Å². The van der Waals surface area contributed by atoms with Gasteiger partial charge in [-0.15, -0.1) is 0 Å². The number of nitrogen functional groups attached to an aromatic ring is 1. The molecule has 2 N–H and O–H groups in total. The highest BCUT2D eigenvalue weighted by atomic mass is 15.1. The van der Waals surface area contributed by atoms with Crippen molar-refractivity contribution in [3.63, 3.8) is 0 Å². The van der Waals surface area contributed by atoms with E-state index >= 15 is 0 Å². The van der Waals surface area contributed by atoms with Crippen molar-refractivity contribution in [2.75, 3.05) is 24.2 Å². The normalized spacial score (nSPS) is 9.83. The average molecular weight is 165 g/mol. The zero-order valence-corrected chi connectivity index (χ0v) is 7.62. The van der Waals surface area contributed by atoms with E-state index in [0.717, 1.165) is 24.3 Å². The Labute approximate surface area is 73.2 Å². The van der Waals surface area contributed by atoms with Crippen molar-refractivity contribution < 1.29 is 0 Å². The first-order chi connectivity index (χ1) is 5.74. The van der Waals surface area contributed by atoms with Gasteiger partial charge in [0.15, 0.2) is 0 Å². The lowest BCUT2D eigenvalue weighted by Crippen LogP contribution is -2.17. The van der Waals surface area contributed by atoms with Crippen LogP contribution >= 0.6 is 0 Å². The molecule has 1 heterocycles. The van der Waals surface area contributed by atoms with Crippen LogP contribution in [-0.4, -0.2) is 18.6 Å². The third-order valence-electron chi connectivity index (χ3n) is 1.74. The number of nitrogens with two attached hydrogens (primary N) is 1. The lowest BCUT2D eigenvalue weighted by Gasteiger charge is -2.17. The Morgan fingerprint density at radius 3 is 2.83 bits per heavy atom. The van der Waals surface area contributed by atoms with Crippen molar-refractivity contribution in [3.8, 4) is 0 Å². The molecule has 0 spiro atoms. The Kier molecular flexibility index (Phi) is 2.91. The number of pyridine rings is 1. The van der Waals surface area contributed by atoms with E-state index in [2.05, 4.69) is 16.8 Å². The third kappa shape index (κ3) is 2.12. The molecule has 0 saturated carbocycles. The lowest BCUT2D eigenvalue weighted by molar-refractivity contribution is 0.850. The molecule has 0 radical (unpaired) electrons. The van der Waals surface area contributed by atoms with Gasteiger partial charge in [0, 0.05) is 19.8 Å². The smallest absolute Gasteiger partial charge is 0.0570 e. The van der Waals surface area contributed by atoms with Crippen LogP contribution in [0.2, 0.25) is 0 Å². The molecule has 66 valence electrons. The molecule has 0 aliphatic heterocycles. The predicted octanol–water partition coefficient (Wildman–Crippen LogP) is 1.51. The zero-order valence-electron chi connectivity index (χ0n) is 7.62. The topological polar surface area (TPSA) is 42.2 Å². The number of hydrogen-bond donors (Lipinski definition) is 1. The van der Waals surface area contributed by atoms with E-state index in [1.54, 1.807) is 6.20 Å². The van der Waals surface area contributed by atoms with Crippen LogP contribution in [0.15, 0.2) is 18.5 Å². The first-order valence-electron chi connectivity index (χ1n) is 4.15. The zero-order chi connectivity index (χ0) is 8.97. The molecule has 1 rings (SSSR count). The summed E-state index contributed by atoms with van der Waals surface area (Å²) in [5, 5.41) is 0. The van der Waals surface area contributed by atoms with Gasteiger partial charge < -0.3 is 10.6 Å². The molecule has 0 unspecified atom stereocenters. The Hall–Kier alpha value is -1.25. The van der Waals surface area contributed by atoms with E-state index < -0.39 is 0 Å². The summed E-state index contributed by atoms with van der Waals surface area (Å²) in [5.41, 5.74) is 7.40. The summed E-state index contributed by atoms with van der Waals surface area (Å²) in [4.78, 5) is 6.16. The standard InChI is InChI=1S/C9H15N3/c1-3-4-12(2)9-5-8(10)6-11-7-9/h5-7H,3-4,10H2,1-2H3. The molecular weight excluding hydrogens is 150 g/mol. The molecule has 3 heteroatoms. The van der Waals surface area contributed by atoms with Crippen LogP contribution in [0.1, 0.15) is 13.3 Å². The molecule has 0 aromatic carbocycles. The van der Waals surface area contributed by atoms with E-state index in [0.29, 0.717) is 0 Å². The van der Waals surface area contributed by atoms with Crippen LogP contribution in [0.25, 0.3) is 0 Å². The van der Waals surface area contributed by atoms with Gasteiger partial charge in [-0.3, -0.25) is 4.98 Å². The maximum Gasteiger partial charge on any atom is 0.0570 e. The highest BCUT2D eigenvalue weighted by molar-refractivity contribution is 5.52. The van der Waals surface area contributed by atoms with Crippen LogP contribution in [0, 0.1) is 0 Å². The second-order valence-corrected chi connectivity index (χ2v) is 2.90. The molecule has 1 aromatic heterocycles. The minimum absolute atomic E-state index is 0.718. The summed E-state index contributed by atoms with van der Waals surface area (Å²) in [6.45, 7) is 3.18. The fourth-order valence-electron chi connectivity index (χ4n) is 1.12. The van der Waals surface area contributed by atoms with Crippen molar-refractivity contribution in [2.45, 2.75) is 13.3 Å². The van der Waals surface area contributed by atoms with Crippen molar-refractivity contribution in [1.29, 1.82) is 0 Å². The first-order valence-corrected chi connectivity index (χ1v) is 4.15. The summed E-state index contributed by atoms with van der Waals surface area (Å²) in [5.74, 6) is 0. The molecule has 0 amide bonds. The molecule has 0 saturated heterocycles. The number of nitrogens with zero attached hydrogens (tertiary/aromatic N) is 2. The summed E-state index contributed by atoms with van der Waals surface area (Å²) < 4.78 is 0. The van der Waals surface area contributed by atoms with Gasteiger partial charge in [0.05, 0.1) is 17.6 Å². The first kappa shape index (κ1) is 8.84. The molecule has 1 aromatic rings. The monoisotopic (exact) mass is 165 g/mol. The second-order valence-electron chi connectivity index (χ2n) is 2.90. The van der Waals surface area contributed by atoms with Gasteiger partial charge in [-0.05, 0) is 12.5 Å². The van der Waals surface area contributed by atoms with Gasteiger partial charge >= 0.3 is 0 Å². The molecule has 0 aliphatic rings. The van der Waals surface area contributed by atoms with E-state index in [9.17, 15) is 0 Å². The second kappa shape index (κ2) is 3.95. The van der Waals surface area contributed by atoms with Crippen molar-refractivity contribution >= 4 is 11.4 Å². The molecule has 0 atom stereocenters. The minimum atomic E-state index is 0.718. The number of rotatable bonds is 3. The summed E-state index contributed by atoms with van der Waals surface area (Å²) in [6, 6.07) is 1.93. The quantitative estimate of drug-likeness (QED) is 0.738. The highest BCUT2D eigenvalue weighted by Gasteiger charge is 1.98. The van der Waals surface area contributed by atoms with Crippen molar-refractivity contribution in [3.05, 3.63) is 18.5 Å². The van der Waals surface area contributed by atoms with Crippen LogP contribution in [0.5, 0.6) is 0 Å². The third-order valence-corrected chi connectivity index (χ3v) is 1.74. The van der Waals surface area contributed by atoms with E-state index in [-0.39, 0.29) is 0 Å². The van der Waals surface area contributed by atoms with Crippen LogP contribution in [0.3, 0.4) is 0 Å². The van der Waals surface area contributed by atoms with Crippen LogP contribution in [-0.2, 0) is 0 Å². The maximum atomic E-state index is 5.60. The molecule has 3 nitrogen and oxygen atoms in total. The van der Waals surface area contributed by atoms with E-state index in [1.807, 2.05) is 19.3 Å². The highest BCUT2D eigenvalue weighted by Crippen LogP contribution is 2.13. The number of aromatic nitrogens is 1. The summed E-state index contributed by atoms with van der Waals surface area (Å²) >= 11 is 0. The fraction of sp³-hybridized carbons (Fsp3) is 0.444. The van der Waals surface area contributed by atoms with Gasteiger partial charge in [-0.1, -0.05) is 6.92 Å². The number of hydrogen-bond acceptors (Lipinski definition) is 3.